The van der Waals surface area contributed by atoms with E-state index in [4.69, 9.17) is 10.5 Å². The lowest BCUT2D eigenvalue weighted by molar-refractivity contribution is 0.413. The number of ether oxygens (including phenoxy) is 1. The molecular formula is C11H14FNOS. The number of methoxy groups -OCH3 is 1. The number of nitrogens with two attached hydrogens (primary N) is 1. The van der Waals surface area contributed by atoms with Gasteiger partial charge in [-0.15, -0.1) is 11.8 Å². The van der Waals surface area contributed by atoms with Gasteiger partial charge in [0.2, 0.25) is 0 Å². The molecule has 1 aromatic carbocycles. The third kappa shape index (κ3) is 4.36. The van der Waals surface area contributed by atoms with E-state index in [1.165, 1.54) is 6.08 Å². The minimum Gasteiger partial charge on any atom is -0.497 e. The first-order valence-corrected chi connectivity index (χ1v) is 5.56. The van der Waals surface area contributed by atoms with Crippen molar-refractivity contribution in [2.24, 2.45) is 5.73 Å². The Morgan fingerprint density at radius 3 is 3.07 bits per heavy atom. The molecule has 0 saturated carbocycles. The van der Waals surface area contributed by atoms with Crippen LogP contribution in [0, 0.1) is 0 Å². The summed E-state index contributed by atoms with van der Waals surface area (Å²) < 4.78 is 17.8. The van der Waals surface area contributed by atoms with E-state index >= 15 is 0 Å². The van der Waals surface area contributed by atoms with Crippen LogP contribution in [0.25, 0.3) is 0 Å². The number of hydrogen-bond acceptors (Lipinski definition) is 3. The maximum Gasteiger partial charge on any atom is 0.119 e. The van der Waals surface area contributed by atoms with Crippen molar-refractivity contribution in [3.05, 3.63) is 36.2 Å². The molecule has 0 aliphatic carbocycles. The molecule has 0 atom stereocenters. The van der Waals surface area contributed by atoms with E-state index in [2.05, 4.69) is 0 Å². The molecule has 1 rings (SSSR count). The van der Waals surface area contributed by atoms with Gasteiger partial charge in [-0.2, -0.15) is 0 Å². The maximum atomic E-state index is 12.7. The Morgan fingerprint density at radius 1 is 1.60 bits per heavy atom. The van der Waals surface area contributed by atoms with Crippen molar-refractivity contribution in [3.8, 4) is 5.75 Å². The van der Waals surface area contributed by atoms with Crippen molar-refractivity contribution >= 4 is 11.8 Å². The van der Waals surface area contributed by atoms with Crippen molar-refractivity contribution in [1.29, 1.82) is 0 Å². The van der Waals surface area contributed by atoms with E-state index in [0.717, 1.165) is 10.6 Å². The monoisotopic (exact) mass is 227 g/mol. The van der Waals surface area contributed by atoms with Gasteiger partial charge in [0.15, 0.2) is 0 Å². The number of thioether (sulfide) groups is 1. The van der Waals surface area contributed by atoms with Crippen LogP contribution < -0.4 is 10.5 Å². The zero-order chi connectivity index (χ0) is 11.1. The summed E-state index contributed by atoms with van der Waals surface area (Å²) in [5, 5.41) is 0. The van der Waals surface area contributed by atoms with Crippen molar-refractivity contribution < 1.29 is 9.13 Å². The second-order valence-electron chi connectivity index (χ2n) is 2.85. The van der Waals surface area contributed by atoms with Crippen molar-refractivity contribution in [2.75, 3.05) is 19.4 Å². The fourth-order valence-corrected chi connectivity index (χ4v) is 1.83. The normalized spacial score (nSPS) is 11.5. The van der Waals surface area contributed by atoms with E-state index in [9.17, 15) is 4.39 Å². The van der Waals surface area contributed by atoms with E-state index < -0.39 is 0 Å². The van der Waals surface area contributed by atoms with Crippen LogP contribution in [0.15, 0.2) is 41.1 Å². The van der Waals surface area contributed by atoms with Gasteiger partial charge >= 0.3 is 0 Å². The summed E-state index contributed by atoms with van der Waals surface area (Å²) in [7, 11) is 1.62. The molecule has 2 N–H and O–H groups in total. The molecule has 0 saturated heterocycles. The Hall–Kier alpha value is -1.00. The molecule has 0 unspecified atom stereocenters. The molecule has 0 amide bonds. The van der Waals surface area contributed by atoms with Gasteiger partial charge in [-0.1, -0.05) is 6.07 Å². The average Bonchev–Trinajstić information content (AvgIpc) is 2.29. The van der Waals surface area contributed by atoms with E-state index in [-0.39, 0.29) is 12.4 Å². The smallest absolute Gasteiger partial charge is 0.119 e. The molecule has 15 heavy (non-hydrogen) atoms. The number of hydrogen-bond donors (Lipinski definition) is 1. The maximum absolute atomic E-state index is 12.7. The van der Waals surface area contributed by atoms with E-state index in [1.54, 1.807) is 18.9 Å². The Balaban J connectivity index is 2.50. The van der Waals surface area contributed by atoms with Crippen LogP contribution in [0.3, 0.4) is 0 Å². The highest BCUT2D eigenvalue weighted by Crippen LogP contribution is 2.22. The lowest BCUT2D eigenvalue weighted by Gasteiger charge is -2.02. The predicted octanol–water partition coefficient (Wildman–Crippen LogP) is 2.60. The lowest BCUT2D eigenvalue weighted by atomic mass is 10.3. The van der Waals surface area contributed by atoms with Gasteiger partial charge in [0.1, 0.15) is 11.6 Å². The predicted molar refractivity (Wildman–Crippen MR) is 62.0 cm³/mol. The molecule has 2 nitrogen and oxygen atoms in total. The van der Waals surface area contributed by atoms with Gasteiger partial charge in [-0.3, -0.25) is 0 Å². The summed E-state index contributed by atoms with van der Waals surface area (Å²) in [5.41, 5.74) is 5.12. The molecule has 0 aliphatic rings. The molecule has 0 aliphatic heterocycles. The van der Waals surface area contributed by atoms with Gasteiger partial charge in [-0.25, -0.2) is 4.39 Å². The third-order valence-corrected chi connectivity index (χ3v) is 2.71. The largest absolute Gasteiger partial charge is 0.497 e. The van der Waals surface area contributed by atoms with Crippen LogP contribution >= 0.6 is 11.8 Å². The molecule has 0 heterocycles. The standard InChI is InChI=1S/C11H14FNOS/c1-14-10-3-2-4-11(7-10)15-6-5-9(12)8-13/h2-5,7H,6,8,13H2,1H3. The van der Waals surface area contributed by atoms with E-state index in [1.807, 2.05) is 24.3 Å². The minimum absolute atomic E-state index is 0.0291. The van der Waals surface area contributed by atoms with Crippen LogP contribution in [-0.4, -0.2) is 19.4 Å². The van der Waals surface area contributed by atoms with Gasteiger partial charge < -0.3 is 10.5 Å². The summed E-state index contributed by atoms with van der Waals surface area (Å²) in [6, 6.07) is 7.66. The summed E-state index contributed by atoms with van der Waals surface area (Å²) in [6.07, 6.45) is 1.49. The first-order valence-electron chi connectivity index (χ1n) is 4.57. The lowest BCUT2D eigenvalue weighted by Crippen LogP contribution is -1.98. The van der Waals surface area contributed by atoms with Crippen LogP contribution in [0.4, 0.5) is 4.39 Å². The highest BCUT2D eigenvalue weighted by molar-refractivity contribution is 7.99. The third-order valence-electron chi connectivity index (χ3n) is 1.79. The summed E-state index contributed by atoms with van der Waals surface area (Å²) in [4.78, 5) is 1.05. The van der Waals surface area contributed by atoms with Crippen molar-refractivity contribution in [1.82, 2.24) is 0 Å². The SMILES string of the molecule is COc1cccc(SCC=C(F)CN)c1. The van der Waals surface area contributed by atoms with Crippen LogP contribution in [0.2, 0.25) is 0 Å². The zero-order valence-corrected chi connectivity index (χ0v) is 9.39. The van der Waals surface area contributed by atoms with Crippen molar-refractivity contribution in [3.63, 3.8) is 0 Å². The Bertz CT molecular complexity index is 341. The Morgan fingerprint density at radius 2 is 2.40 bits per heavy atom. The minimum atomic E-state index is -0.273. The van der Waals surface area contributed by atoms with Crippen LogP contribution in [-0.2, 0) is 0 Å². The Labute approximate surface area is 93.3 Å². The Kier molecular flexibility index (Phi) is 5.21. The average molecular weight is 227 g/mol. The van der Waals surface area contributed by atoms with Crippen molar-refractivity contribution in [2.45, 2.75) is 4.90 Å². The first-order chi connectivity index (χ1) is 7.26. The molecule has 1 aromatic rings. The van der Waals surface area contributed by atoms with Gasteiger partial charge in [0.25, 0.3) is 0 Å². The highest BCUT2D eigenvalue weighted by atomic mass is 32.2. The molecule has 0 radical (unpaired) electrons. The highest BCUT2D eigenvalue weighted by Gasteiger charge is 1.96. The van der Waals surface area contributed by atoms with Crippen LogP contribution in [0.1, 0.15) is 0 Å². The number of halogens is 1. The van der Waals surface area contributed by atoms with Gasteiger partial charge in [0.05, 0.1) is 7.11 Å². The first kappa shape index (κ1) is 12.1. The van der Waals surface area contributed by atoms with Gasteiger partial charge in [-0.05, 0) is 24.3 Å². The fourth-order valence-electron chi connectivity index (χ4n) is 1.00. The topological polar surface area (TPSA) is 35.2 Å². The molecule has 0 aromatic heterocycles. The zero-order valence-electron chi connectivity index (χ0n) is 8.57. The molecule has 0 spiro atoms. The molecule has 4 heteroatoms. The second kappa shape index (κ2) is 6.48. The quantitative estimate of drug-likeness (QED) is 0.785. The number of benzene rings is 1. The summed E-state index contributed by atoms with van der Waals surface area (Å²) >= 11 is 1.54. The number of rotatable bonds is 5. The van der Waals surface area contributed by atoms with E-state index in [0.29, 0.717) is 5.75 Å². The molecule has 82 valence electrons. The fraction of sp³-hybridized carbons (Fsp3) is 0.273. The second-order valence-corrected chi connectivity index (χ2v) is 3.94. The van der Waals surface area contributed by atoms with Crippen LogP contribution in [0.5, 0.6) is 5.75 Å². The molecule has 0 bridgehead atoms. The molecular weight excluding hydrogens is 213 g/mol. The van der Waals surface area contributed by atoms with Gasteiger partial charge in [0, 0.05) is 17.2 Å². The molecule has 0 fully saturated rings. The summed E-state index contributed by atoms with van der Waals surface area (Å²) in [5.74, 6) is 1.12. The summed E-state index contributed by atoms with van der Waals surface area (Å²) in [6.45, 7) is -0.0291.